The summed E-state index contributed by atoms with van der Waals surface area (Å²) in [6.07, 6.45) is 2.37. The lowest BCUT2D eigenvalue weighted by Crippen LogP contribution is -2.34. The third-order valence-corrected chi connectivity index (χ3v) is 4.49. The van der Waals surface area contributed by atoms with Crippen molar-refractivity contribution in [2.24, 2.45) is 23.2 Å². The molecule has 0 amide bonds. The molecule has 2 heteroatoms. The first kappa shape index (κ1) is 7.34. The quantitative estimate of drug-likeness (QED) is 0.592. The number of fused-ring (bicyclic) bond motifs is 1. The minimum Gasteiger partial charge on any atom is -0.368 e. The normalized spacial score (nSPS) is 59.8. The molecule has 5 unspecified atom stereocenters. The van der Waals surface area contributed by atoms with Gasteiger partial charge < -0.3 is 9.84 Å². The third kappa shape index (κ3) is 0.612. The first-order valence-electron chi connectivity index (χ1n) is 4.94. The molecule has 1 saturated heterocycles. The lowest BCUT2D eigenvalue weighted by molar-refractivity contribution is -0.121. The van der Waals surface area contributed by atoms with Gasteiger partial charge in [-0.15, -0.1) is 0 Å². The first-order chi connectivity index (χ1) is 5.60. The SMILES string of the molecule is CC1(C)C2CC3C(O)OC1C3C2. The molecular formula is C10H16O2. The van der Waals surface area contributed by atoms with Crippen molar-refractivity contribution in [2.75, 3.05) is 0 Å². The van der Waals surface area contributed by atoms with E-state index in [9.17, 15) is 5.11 Å². The monoisotopic (exact) mass is 168 g/mol. The van der Waals surface area contributed by atoms with Crippen molar-refractivity contribution in [1.29, 1.82) is 0 Å². The second kappa shape index (κ2) is 1.88. The van der Waals surface area contributed by atoms with Crippen LogP contribution >= 0.6 is 0 Å². The summed E-state index contributed by atoms with van der Waals surface area (Å²) in [7, 11) is 0. The molecule has 68 valence electrons. The fourth-order valence-electron chi connectivity index (χ4n) is 3.70. The van der Waals surface area contributed by atoms with Crippen LogP contribution in [-0.4, -0.2) is 17.5 Å². The lowest BCUT2D eigenvalue weighted by atomic mass is 9.72. The molecule has 0 radical (unpaired) electrons. The number of aliphatic hydroxyl groups excluding tert-OH is 1. The van der Waals surface area contributed by atoms with E-state index in [1.807, 2.05) is 0 Å². The van der Waals surface area contributed by atoms with Gasteiger partial charge in [0.15, 0.2) is 6.29 Å². The molecule has 0 aromatic heterocycles. The maximum Gasteiger partial charge on any atom is 0.158 e. The largest absolute Gasteiger partial charge is 0.368 e. The van der Waals surface area contributed by atoms with E-state index in [0.717, 1.165) is 5.92 Å². The molecule has 12 heavy (non-hydrogen) atoms. The third-order valence-electron chi connectivity index (χ3n) is 4.49. The molecule has 2 aliphatic carbocycles. The highest BCUT2D eigenvalue weighted by Crippen LogP contribution is 2.63. The summed E-state index contributed by atoms with van der Waals surface area (Å²) < 4.78 is 5.61. The molecule has 0 aromatic rings. The number of hydrogen-bond acceptors (Lipinski definition) is 2. The van der Waals surface area contributed by atoms with Gasteiger partial charge in [0.1, 0.15) is 0 Å². The molecule has 1 heterocycles. The van der Waals surface area contributed by atoms with E-state index in [1.165, 1.54) is 12.8 Å². The van der Waals surface area contributed by atoms with Crippen molar-refractivity contribution in [1.82, 2.24) is 0 Å². The van der Waals surface area contributed by atoms with Gasteiger partial charge in [0, 0.05) is 5.92 Å². The predicted octanol–water partition coefficient (Wildman–Crippen LogP) is 1.39. The molecule has 0 spiro atoms. The van der Waals surface area contributed by atoms with Crippen LogP contribution in [0.3, 0.4) is 0 Å². The maximum atomic E-state index is 9.61. The van der Waals surface area contributed by atoms with Crippen LogP contribution < -0.4 is 0 Å². The Balaban J connectivity index is 2.02. The zero-order chi connectivity index (χ0) is 8.51. The van der Waals surface area contributed by atoms with E-state index in [0.29, 0.717) is 23.4 Å². The van der Waals surface area contributed by atoms with Crippen LogP contribution in [0, 0.1) is 23.2 Å². The van der Waals surface area contributed by atoms with E-state index in [1.54, 1.807) is 0 Å². The Morgan fingerprint density at radius 1 is 1.25 bits per heavy atom. The van der Waals surface area contributed by atoms with Gasteiger partial charge in [-0.05, 0) is 30.1 Å². The minimum absolute atomic E-state index is 0.318. The van der Waals surface area contributed by atoms with Crippen LogP contribution in [0.5, 0.6) is 0 Å². The molecule has 5 atom stereocenters. The Hall–Kier alpha value is -0.0800. The van der Waals surface area contributed by atoms with Gasteiger partial charge in [-0.25, -0.2) is 0 Å². The van der Waals surface area contributed by atoms with Gasteiger partial charge in [-0.3, -0.25) is 0 Å². The van der Waals surface area contributed by atoms with Crippen molar-refractivity contribution >= 4 is 0 Å². The van der Waals surface area contributed by atoms with Gasteiger partial charge in [0.05, 0.1) is 6.10 Å². The van der Waals surface area contributed by atoms with Gasteiger partial charge >= 0.3 is 0 Å². The predicted molar refractivity (Wildman–Crippen MR) is 44.4 cm³/mol. The molecule has 1 aliphatic heterocycles. The first-order valence-corrected chi connectivity index (χ1v) is 4.94. The summed E-state index contributed by atoms with van der Waals surface area (Å²) in [6.45, 7) is 4.58. The Bertz CT molecular complexity index is 224. The maximum absolute atomic E-state index is 9.61. The van der Waals surface area contributed by atoms with E-state index in [4.69, 9.17) is 4.74 Å². The summed E-state index contributed by atoms with van der Waals surface area (Å²) >= 11 is 0. The fraction of sp³-hybridized carbons (Fsp3) is 1.00. The van der Waals surface area contributed by atoms with Crippen molar-refractivity contribution in [3.63, 3.8) is 0 Å². The molecule has 2 saturated carbocycles. The van der Waals surface area contributed by atoms with E-state index in [-0.39, 0.29) is 0 Å². The smallest absolute Gasteiger partial charge is 0.158 e. The number of aliphatic hydroxyl groups is 1. The highest BCUT2D eigenvalue weighted by Gasteiger charge is 2.63. The van der Waals surface area contributed by atoms with Crippen LogP contribution in [0.25, 0.3) is 0 Å². The number of ether oxygens (including phenoxy) is 1. The van der Waals surface area contributed by atoms with Gasteiger partial charge in [0.25, 0.3) is 0 Å². The van der Waals surface area contributed by atoms with Crippen LogP contribution in [0.1, 0.15) is 26.7 Å². The second-order valence-electron chi connectivity index (χ2n) is 5.26. The molecule has 2 bridgehead atoms. The van der Waals surface area contributed by atoms with Crippen molar-refractivity contribution in [3.8, 4) is 0 Å². The summed E-state index contributed by atoms with van der Waals surface area (Å²) in [5.41, 5.74) is 0.318. The van der Waals surface area contributed by atoms with E-state index >= 15 is 0 Å². The minimum atomic E-state index is -0.452. The van der Waals surface area contributed by atoms with Crippen molar-refractivity contribution in [2.45, 2.75) is 39.1 Å². The molecular weight excluding hydrogens is 152 g/mol. The van der Waals surface area contributed by atoms with Gasteiger partial charge in [-0.1, -0.05) is 13.8 Å². The highest BCUT2D eigenvalue weighted by molar-refractivity contribution is 5.10. The molecule has 0 aromatic carbocycles. The number of hydrogen-bond donors (Lipinski definition) is 1. The van der Waals surface area contributed by atoms with Crippen LogP contribution in [0.2, 0.25) is 0 Å². The average molecular weight is 168 g/mol. The Morgan fingerprint density at radius 3 is 2.50 bits per heavy atom. The van der Waals surface area contributed by atoms with Crippen molar-refractivity contribution in [3.05, 3.63) is 0 Å². The average Bonchev–Trinajstić information content (AvgIpc) is 2.53. The molecule has 1 N–H and O–H groups in total. The van der Waals surface area contributed by atoms with Gasteiger partial charge in [-0.2, -0.15) is 0 Å². The zero-order valence-electron chi connectivity index (χ0n) is 7.66. The standard InChI is InChI=1S/C10H16O2/c1-10(2)5-3-6-7(4-5)9(11)12-8(6)10/h5-9,11H,3-4H2,1-2H3. The van der Waals surface area contributed by atoms with E-state index in [2.05, 4.69) is 13.8 Å². The zero-order valence-corrected chi connectivity index (χ0v) is 7.66. The summed E-state index contributed by atoms with van der Waals surface area (Å²) in [4.78, 5) is 0. The van der Waals surface area contributed by atoms with Gasteiger partial charge in [0.2, 0.25) is 0 Å². The summed E-state index contributed by atoms with van der Waals surface area (Å²) in [6, 6.07) is 0. The van der Waals surface area contributed by atoms with Crippen molar-refractivity contribution < 1.29 is 9.84 Å². The van der Waals surface area contributed by atoms with Crippen LogP contribution in [0.4, 0.5) is 0 Å². The summed E-state index contributed by atoms with van der Waals surface area (Å²) in [5, 5.41) is 9.61. The summed E-state index contributed by atoms with van der Waals surface area (Å²) in [5.74, 6) is 1.93. The van der Waals surface area contributed by atoms with Crippen LogP contribution in [0.15, 0.2) is 0 Å². The Kier molecular flexibility index (Phi) is 1.15. The molecule has 3 rings (SSSR count). The second-order valence-corrected chi connectivity index (χ2v) is 5.26. The highest BCUT2D eigenvalue weighted by atomic mass is 16.6. The Labute approximate surface area is 72.9 Å². The van der Waals surface area contributed by atoms with E-state index < -0.39 is 6.29 Å². The molecule has 3 aliphatic rings. The number of rotatable bonds is 0. The van der Waals surface area contributed by atoms with Crippen LogP contribution in [-0.2, 0) is 4.74 Å². The fourth-order valence-corrected chi connectivity index (χ4v) is 3.70. The topological polar surface area (TPSA) is 29.5 Å². The Morgan fingerprint density at radius 2 is 1.92 bits per heavy atom. The molecule has 2 nitrogen and oxygen atoms in total. The molecule has 3 fully saturated rings. The lowest BCUT2D eigenvalue weighted by Gasteiger charge is -2.33.